The maximum atomic E-state index is 11.4. The van der Waals surface area contributed by atoms with Crippen molar-refractivity contribution in [1.82, 2.24) is 0 Å². The molecule has 0 saturated carbocycles. The number of aliphatic hydroxyl groups excluding tert-OH is 1. The topological polar surface area (TPSA) is 55.8 Å². The molecule has 0 spiro atoms. The zero-order valence-corrected chi connectivity index (χ0v) is 12.7. The zero-order valence-electron chi connectivity index (χ0n) is 12.7. The van der Waals surface area contributed by atoms with Gasteiger partial charge < -0.3 is 14.6 Å². The average Bonchev–Trinajstić information content (AvgIpc) is 2.41. The zero-order chi connectivity index (χ0) is 15.2. The van der Waals surface area contributed by atoms with Crippen LogP contribution in [0.1, 0.15) is 38.3 Å². The summed E-state index contributed by atoms with van der Waals surface area (Å²) >= 11 is 0. The number of aryl methyl sites for hydroxylation is 1. The molecular weight excluding hydrogens is 256 g/mol. The summed E-state index contributed by atoms with van der Waals surface area (Å²) in [6, 6.07) is 6.06. The largest absolute Gasteiger partial charge is 0.497 e. The van der Waals surface area contributed by atoms with Gasteiger partial charge in [-0.2, -0.15) is 0 Å². The summed E-state index contributed by atoms with van der Waals surface area (Å²) in [6.07, 6.45) is 0.904. The highest BCUT2D eigenvalue weighted by molar-refractivity contribution is 5.69. The van der Waals surface area contributed by atoms with Gasteiger partial charge in [-0.1, -0.05) is 26.8 Å². The summed E-state index contributed by atoms with van der Waals surface area (Å²) in [4.78, 5) is 11.4. The Hall–Kier alpha value is -1.55. The molecular formula is C16H24O4. The fourth-order valence-electron chi connectivity index (χ4n) is 1.83. The van der Waals surface area contributed by atoms with Crippen molar-refractivity contribution in [2.75, 3.05) is 20.3 Å². The molecule has 20 heavy (non-hydrogen) atoms. The van der Waals surface area contributed by atoms with E-state index >= 15 is 0 Å². The van der Waals surface area contributed by atoms with E-state index in [2.05, 4.69) is 26.8 Å². The number of ether oxygens (including phenoxy) is 2. The lowest BCUT2D eigenvalue weighted by molar-refractivity contribution is -0.144. The number of aliphatic hydroxyl groups is 1. The van der Waals surface area contributed by atoms with Gasteiger partial charge in [-0.3, -0.25) is 4.79 Å². The Labute approximate surface area is 120 Å². The van der Waals surface area contributed by atoms with Gasteiger partial charge in [-0.05, 0) is 35.1 Å². The third-order valence-corrected chi connectivity index (χ3v) is 3.04. The first-order valence-electron chi connectivity index (χ1n) is 6.81. The quantitative estimate of drug-likeness (QED) is 0.813. The van der Waals surface area contributed by atoms with E-state index in [0.29, 0.717) is 12.8 Å². The third-order valence-electron chi connectivity index (χ3n) is 3.04. The second-order valence-electron chi connectivity index (χ2n) is 5.76. The van der Waals surface area contributed by atoms with Crippen molar-refractivity contribution in [2.45, 2.75) is 39.0 Å². The highest BCUT2D eigenvalue weighted by Crippen LogP contribution is 2.28. The average molecular weight is 280 g/mol. The molecule has 0 aliphatic rings. The first kappa shape index (κ1) is 16.5. The Kier molecular flexibility index (Phi) is 6.02. The third kappa shape index (κ3) is 5.21. The minimum atomic E-state index is -0.292. The van der Waals surface area contributed by atoms with Crippen molar-refractivity contribution in [1.29, 1.82) is 0 Å². The van der Waals surface area contributed by atoms with Crippen LogP contribution in [-0.2, 0) is 21.4 Å². The van der Waals surface area contributed by atoms with Crippen LogP contribution < -0.4 is 4.74 Å². The molecule has 0 heterocycles. The molecule has 4 heteroatoms. The van der Waals surface area contributed by atoms with Crippen molar-refractivity contribution in [3.05, 3.63) is 29.3 Å². The van der Waals surface area contributed by atoms with Crippen molar-refractivity contribution in [3.63, 3.8) is 0 Å². The van der Waals surface area contributed by atoms with Crippen molar-refractivity contribution >= 4 is 5.97 Å². The molecule has 0 bridgehead atoms. The second kappa shape index (κ2) is 7.29. The van der Waals surface area contributed by atoms with E-state index in [9.17, 15) is 4.79 Å². The number of benzene rings is 1. The number of rotatable bonds is 6. The summed E-state index contributed by atoms with van der Waals surface area (Å²) in [5.74, 6) is 0.510. The van der Waals surface area contributed by atoms with E-state index in [0.717, 1.165) is 11.3 Å². The molecule has 1 rings (SSSR count). The second-order valence-corrected chi connectivity index (χ2v) is 5.76. The molecule has 0 amide bonds. The van der Waals surface area contributed by atoms with Gasteiger partial charge in [0.2, 0.25) is 0 Å². The molecule has 4 nitrogen and oxygen atoms in total. The molecule has 0 saturated heterocycles. The number of carbonyl (C=O) groups excluding carboxylic acids is 1. The summed E-state index contributed by atoms with van der Waals surface area (Å²) < 4.78 is 10.2. The van der Waals surface area contributed by atoms with Crippen LogP contribution in [-0.4, -0.2) is 31.4 Å². The van der Waals surface area contributed by atoms with Gasteiger partial charge >= 0.3 is 5.97 Å². The number of esters is 1. The van der Waals surface area contributed by atoms with Crippen molar-refractivity contribution < 1.29 is 19.4 Å². The van der Waals surface area contributed by atoms with Gasteiger partial charge in [0.1, 0.15) is 12.4 Å². The highest BCUT2D eigenvalue weighted by atomic mass is 16.5. The van der Waals surface area contributed by atoms with E-state index < -0.39 is 0 Å². The predicted octanol–water partition coefficient (Wildman–Crippen LogP) is 2.46. The first-order valence-corrected chi connectivity index (χ1v) is 6.81. The summed E-state index contributed by atoms with van der Waals surface area (Å²) in [5.41, 5.74) is 2.26. The maximum Gasteiger partial charge on any atom is 0.306 e. The molecule has 0 unspecified atom stereocenters. The molecule has 0 aliphatic heterocycles. The standard InChI is InChI=1S/C16H24O4/c1-16(2,3)13-9-12(10-14(11-13)19-4)5-6-15(18)20-8-7-17/h9-11,17H,5-8H2,1-4H3. The lowest BCUT2D eigenvalue weighted by Gasteiger charge is -2.21. The van der Waals surface area contributed by atoms with Crippen LogP contribution in [0.3, 0.4) is 0 Å². The Bertz CT molecular complexity index is 446. The number of hydrogen-bond donors (Lipinski definition) is 1. The minimum Gasteiger partial charge on any atom is -0.497 e. The summed E-state index contributed by atoms with van der Waals surface area (Å²) in [7, 11) is 1.64. The van der Waals surface area contributed by atoms with Crippen LogP contribution in [0.5, 0.6) is 5.75 Å². The van der Waals surface area contributed by atoms with E-state index in [4.69, 9.17) is 14.6 Å². The molecule has 0 aliphatic carbocycles. The maximum absolute atomic E-state index is 11.4. The number of hydrogen-bond acceptors (Lipinski definition) is 4. The normalized spacial score (nSPS) is 11.2. The Morgan fingerprint density at radius 3 is 2.50 bits per heavy atom. The fourth-order valence-corrected chi connectivity index (χ4v) is 1.83. The molecule has 0 radical (unpaired) electrons. The van der Waals surface area contributed by atoms with Crippen LogP contribution in [0.2, 0.25) is 0 Å². The van der Waals surface area contributed by atoms with Gasteiger partial charge in [-0.15, -0.1) is 0 Å². The molecule has 0 fully saturated rings. The monoisotopic (exact) mass is 280 g/mol. The summed E-state index contributed by atoms with van der Waals surface area (Å²) in [5, 5.41) is 8.60. The van der Waals surface area contributed by atoms with Crippen LogP contribution in [0, 0.1) is 0 Å². The molecule has 112 valence electrons. The van der Waals surface area contributed by atoms with E-state index in [1.165, 1.54) is 5.56 Å². The van der Waals surface area contributed by atoms with Crippen LogP contribution >= 0.6 is 0 Å². The molecule has 1 aromatic rings. The Morgan fingerprint density at radius 2 is 1.95 bits per heavy atom. The molecule has 1 N–H and O–H groups in total. The molecule has 0 atom stereocenters. The van der Waals surface area contributed by atoms with E-state index in [1.54, 1.807) is 7.11 Å². The lowest BCUT2D eigenvalue weighted by atomic mass is 9.85. The Balaban J connectivity index is 2.77. The van der Waals surface area contributed by atoms with E-state index in [1.807, 2.05) is 12.1 Å². The highest BCUT2D eigenvalue weighted by Gasteiger charge is 2.16. The van der Waals surface area contributed by atoms with Crippen LogP contribution in [0.4, 0.5) is 0 Å². The predicted molar refractivity (Wildman–Crippen MR) is 78.1 cm³/mol. The van der Waals surface area contributed by atoms with Gasteiger partial charge in [0.15, 0.2) is 0 Å². The van der Waals surface area contributed by atoms with Crippen LogP contribution in [0.25, 0.3) is 0 Å². The fraction of sp³-hybridized carbons (Fsp3) is 0.562. The van der Waals surface area contributed by atoms with Crippen LogP contribution in [0.15, 0.2) is 18.2 Å². The van der Waals surface area contributed by atoms with Gasteiger partial charge in [0, 0.05) is 6.42 Å². The Morgan fingerprint density at radius 1 is 1.25 bits per heavy atom. The van der Waals surface area contributed by atoms with E-state index in [-0.39, 0.29) is 24.6 Å². The van der Waals surface area contributed by atoms with Crippen molar-refractivity contribution in [2.24, 2.45) is 0 Å². The summed E-state index contributed by atoms with van der Waals surface area (Å²) in [6.45, 7) is 6.34. The molecule has 1 aromatic carbocycles. The lowest BCUT2D eigenvalue weighted by Crippen LogP contribution is -2.12. The first-order chi connectivity index (χ1) is 9.36. The SMILES string of the molecule is COc1cc(CCC(=O)OCCO)cc(C(C)(C)C)c1. The number of carbonyl (C=O) groups is 1. The van der Waals surface area contributed by atoms with Gasteiger partial charge in [-0.25, -0.2) is 0 Å². The van der Waals surface area contributed by atoms with Gasteiger partial charge in [0.05, 0.1) is 13.7 Å². The van der Waals surface area contributed by atoms with Gasteiger partial charge in [0.25, 0.3) is 0 Å². The molecule has 0 aromatic heterocycles. The number of methoxy groups -OCH3 is 1. The minimum absolute atomic E-state index is 0.0285. The smallest absolute Gasteiger partial charge is 0.306 e. The van der Waals surface area contributed by atoms with Crippen molar-refractivity contribution in [3.8, 4) is 5.75 Å².